The molecule has 0 atom stereocenters. The second-order valence-electron chi connectivity index (χ2n) is 8.44. The highest BCUT2D eigenvalue weighted by atomic mass is 16.5. The lowest BCUT2D eigenvalue weighted by molar-refractivity contribution is 0.0963. The van der Waals surface area contributed by atoms with Crippen molar-refractivity contribution in [3.63, 3.8) is 0 Å². The summed E-state index contributed by atoms with van der Waals surface area (Å²) in [6.07, 6.45) is 8.13. The van der Waals surface area contributed by atoms with Gasteiger partial charge in [-0.3, -0.25) is 4.79 Å². The van der Waals surface area contributed by atoms with Crippen LogP contribution in [0, 0.1) is 0 Å². The van der Waals surface area contributed by atoms with Crippen molar-refractivity contribution in [1.82, 2.24) is 19.7 Å². The van der Waals surface area contributed by atoms with Crippen LogP contribution in [0.25, 0.3) is 28.2 Å². The van der Waals surface area contributed by atoms with E-state index < -0.39 is 0 Å². The van der Waals surface area contributed by atoms with Crippen LogP contribution in [0.15, 0.2) is 53.2 Å². The molecule has 5 rings (SSSR count). The fraction of sp³-hybridized carbons (Fsp3) is 0.407. The van der Waals surface area contributed by atoms with Gasteiger partial charge >= 0.3 is 0 Å². The Morgan fingerprint density at radius 2 is 1.74 bits per heavy atom. The Balaban J connectivity index is 0.000000527. The number of ketones is 1. The van der Waals surface area contributed by atoms with Gasteiger partial charge in [0, 0.05) is 37.3 Å². The third kappa shape index (κ3) is 5.77. The first-order valence-corrected chi connectivity index (χ1v) is 12.4. The minimum atomic E-state index is -0.0621. The zero-order valence-corrected chi connectivity index (χ0v) is 20.7. The van der Waals surface area contributed by atoms with Crippen molar-refractivity contribution in [2.75, 3.05) is 31.2 Å². The summed E-state index contributed by atoms with van der Waals surface area (Å²) < 4.78 is 13.0. The SMILES string of the molecule is CCC(=O)c1cc2nc(-n3cc(-c4ccccc4)cn3)nc(N3CCOCC3)c2o1.CCCCC. The monoisotopic (exact) mass is 475 g/mol. The number of hydrogen-bond donors (Lipinski definition) is 0. The topological polar surface area (TPSA) is 86.3 Å². The molecule has 0 amide bonds. The van der Waals surface area contributed by atoms with E-state index in [2.05, 4.69) is 28.8 Å². The first-order chi connectivity index (χ1) is 17.1. The van der Waals surface area contributed by atoms with Gasteiger partial charge in [-0.2, -0.15) is 10.1 Å². The molecule has 0 bridgehead atoms. The lowest BCUT2D eigenvalue weighted by Gasteiger charge is -2.27. The maximum Gasteiger partial charge on any atom is 0.253 e. The average Bonchev–Trinajstić information content (AvgIpc) is 3.57. The largest absolute Gasteiger partial charge is 0.447 e. The lowest BCUT2D eigenvalue weighted by atomic mass is 10.1. The zero-order chi connectivity index (χ0) is 24.6. The van der Waals surface area contributed by atoms with Crippen molar-refractivity contribution < 1.29 is 13.9 Å². The molecule has 0 saturated carbocycles. The molecule has 4 aromatic rings. The van der Waals surface area contributed by atoms with Gasteiger partial charge in [-0.1, -0.05) is 70.4 Å². The first-order valence-electron chi connectivity index (χ1n) is 12.4. The lowest BCUT2D eigenvalue weighted by Crippen LogP contribution is -2.37. The molecule has 0 unspecified atom stereocenters. The van der Waals surface area contributed by atoms with E-state index in [4.69, 9.17) is 14.1 Å². The van der Waals surface area contributed by atoms with E-state index in [-0.39, 0.29) is 5.78 Å². The van der Waals surface area contributed by atoms with Crippen LogP contribution in [-0.2, 0) is 4.74 Å². The molecule has 8 nitrogen and oxygen atoms in total. The first kappa shape index (κ1) is 24.6. The van der Waals surface area contributed by atoms with E-state index in [0.29, 0.717) is 61.4 Å². The number of anilines is 1. The molecule has 1 aliphatic heterocycles. The van der Waals surface area contributed by atoms with E-state index in [1.165, 1.54) is 19.3 Å². The summed E-state index contributed by atoms with van der Waals surface area (Å²) in [6.45, 7) is 8.84. The Bertz CT molecular complexity index is 1240. The van der Waals surface area contributed by atoms with E-state index in [1.807, 2.05) is 43.5 Å². The second kappa shape index (κ2) is 11.8. The van der Waals surface area contributed by atoms with Gasteiger partial charge in [0.25, 0.3) is 5.95 Å². The molecule has 1 saturated heterocycles. The standard InChI is InChI=1S/C22H21N5O3.C5H12/c1-2-18(28)19-12-17-20(30-19)21(26-8-10-29-11-9-26)25-22(24-17)27-14-16(13-23-27)15-6-4-3-5-7-15;1-3-5-4-2/h3-7,12-14H,2,8-11H2,1H3;3-5H2,1-2H3. The predicted octanol–water partition coefficient (Wildman–Crippen LogP) is 5.70. The van der Waals surface area contributed by atoms with E-state index >= 15 is 0 Å². The summed E-state index contributed by atoms with van der Waals surface area (Å²) in [5, 5.41) is 4.46. The molecule has 1 fully saturated rings. The van der Waals surface area contributed by atoms with Gasteiger partial charge in [0.1, 0.15) is 5.52 Å². The number of ether oxygens (including phenoxy) is 1. The fourth-order valence-corrected chi connectivity index (χ4v) is 3.87. The van der Waals surface area contributed by atoms with Crippen LogP contribution < -0.4 is 4.90 Å². The third-order valence-corrected chi connectivity index (χ3v) is 5.85. The summed E-state index contributed by atoms with van der Waals surface area (Å²) in [4.78, 5) is 23.7. The van der Waals surface area contributed by atoms with E-state index in [1.54, 1.807) is 16.9 Å². The summed E-state index contributed by atoms with van der Waals surface area (Å²) in [5.74, 6) is 1.33. The summed E-state index contributed by atoms with van der Waals surface area (Å²) in [7, 11) is 0. The number of Topliss-reactive ketones (excluding diaryl/α,β-unsaturated/α-hetero) is 1. The zero-order valence-electron chi connectivity index (χ0n) is 20.7. The Labute approximate surface area is 205 Å². The highest BCUT2D eigenvalue weighted by molar-refractivity contribution is 5.98. The number of aromatic nitrogens is 4. The molecule has 184 valence electrons. The maximum absolute atomic E-state index is 12.2. The van der Waals surface area contributed by atoms with Crippen molar-refractivity contribution in [2.24, 2.45) is 0 Å². The smallest absolute Gasteiger partial charge is 0.253 e. The Kier molecular flexibility index (Phi) is 8.26. The number of rotatable bonds is 7. The highest BCUT2D eigenvalue weighted by Gasteiger charge is 2.23. The van der Waals surface area contributed by atoms with Gasteiger partial charge in [-0.15, -0.1) is 0 Å². The number of nitrogens with zero attached hydrogens (tertiary/aromatic N) is 5. The molecular weight excluding hydrogens is 442 g/mol. The molecule has 4 heterocycles. The molecule has 0 N–H and O–H groups in total. The normalized spacial score (nSPS) is 13.5. The van der Waals surface area contributed by atoms with Crippen LogP contribution in [0.5, 0.6) is 0 Å². The van der Waals surface area contributed by atoms with Crippen LogP contribution >= 0.6 is 0 Å². The van der Waals surface area contributed by atoms with Crippen LogP contribution in [0.3, 0.4) is 0 Å². The molecule has 0 radical (unpaired) electrons. The summed E-state index contributed by atoms with van der Waals surface area (Å²) in [5.41, 5.74) is 3.15. The van der Waals surface area contributed by atoms with Crippen LogP contribution in [-0.4, -0.2) is 51.8 Å². The molecule has 0 spiro atoms. The van der Waals surface area contributed by atoms with Gasteiger partial charge < -0.3 is 14.1 Å². The Morgan fingerprint density at radius 3 is 2.40 bits per heavy atom. The molecule has 8 heteroatoms. The number of furan rings is 1. The number of hydrogen-bond acceptors (Lipinski definition) is 7. The van der Waals surface area contributed by atoms with E-state index in [0.717, 1.165) is 11.1 Å². The molecule has 35 heavy (non-hydrogen) atoms. The van der Waals surface area contributed by atoms with Crippen LogP contribution in [0.2, 0.25) is 0 Å². The van der Waals surface area contributed by atoms with Gasteiger partial charge in [0.05, 0.1) is 19.4 Å². The molecule has 0 aliphatic carbocycles. The summed E-state index contributed by atoms with van der Waals surface area (Å²) in [6, 6.07) is 11.7. The second-order valence-corrected chi connectivity index (χ2v) is 8.44. The maximum atomic E-state index is 12.2. The summed E-state index contributed by atoms with van der Waals surface area (Å²) >= 11 is 0. The quantitative estimate of drug-likeness (QED) is 0.317. The Morgan fingerprint density at radius 1 is 1.00 bits per heavy atom. The predicted molar refractivity (Wildman–Crippen MR) is 137 cm³/mol. The van der Waals surface area contributed by atoms with Gasteiger partial charge in [-0.05, 0) is 5.56 Å². The minimum absolute atomic E-state index is 0.0621. The number of carbonyl (C=O) groups is 1. The highest BCUT2D eigenvalue weighted by Crippen LogP contribution is 2.29. The number of unbranched alkanes of at least 4 members (excludes halogenated alkanes) is 2. The molecule has 1 aliphatic rings. The van der Waals surface area contributed by atoms with Crippen molar-refractivity contribution in [1.29, 1.82) is 0 Å². The fourth-order valence-electron chi connectivity index (χ4n) is 3.87. The number of benzene rings is 1. The molecule has 1 aromatic carbocycles. The minimum Gasteiger partial charge on any atom is -0.447 e. The van der Waals surface area contributed by atoms with Crippen molar-refractivity contribution >= 4 is 22.7 Å². The van der Waals surface area contributed by atoms with Crippen molar-refractivity contribution in [3.05, 3.63) is 54.6 Å². The average molecular weight is 476 g/mol. The third-order valence-electron chi connectivity index (χ3n) is 5.85. The van der Waals surface area contributed by atoms with Gasteiger partial charge in [0.2, 0.25) is 0 Å². The number of morpholine rings is 1. The van der Waals surface area contributed by atoms with Gasteiger partial charge in [0.15, 0.2) is 22.9 Å². The number of fused-ring (bicyclic) bond motifs is 1. The van der Waals surface area contributed by atoms with Gasteiger partial charge in [-0.25, -0.2) is 9.67 Å². The van der Waals surface area contributed by atoms with Crippen molar-refractivity contribution in [2.45, 2.75) is 46.5 Å². The molecular formula is C27H33N5O3. The van der Waals surface area contributed by atoms with Crippen molar-refractivity contribution in [3.8, 4) is 17.1 Å². The molecule has 3 aromatic heterocycles. The van der Waals surface area contributed by atoms with E-state index in [9.17, 15) is 4.79 Å². The van der Waals surface area contributed by atoms with Crippen LogP contribution in [0.4, 0.5) is 5.82 Å². The Hall–Kier alpha value is -3.52. The number of carbonyl (C=O) groups excluding carboxylic acids is 1. The van der Waals surface area contributed by atoms with Crippen LogP contribution in [0.1, 0.15) is 57.0 Å².